The first-order valence-electron chi connectivity index (χ1n) is 4.11. The molecule has 0 fully saturated rings. The van der Waals surface area contributed by atoms with Crippen LogP contribution in [0.3, 0.4) is 0 Å². The van der Waals surface area contributed by atoms with E-state index < -0.39 is 0 Å². The summed E-state index contributed by atoms with van der Waals surface area (Å²) in [6.45, 7) is 2.41. The van der Waals surface area contributed by atoms with Crippen molar-refractivity contribution in [2.75, 3.05) is 11.9 Å². The molecule has 1 aromatic rings. The lowest BCUT2D eigenvalue weighted by molar-refractivity contribution is -0.383. The summed E-state index contributed by atoms with van der Waals surface area (Å²) in [4.78, 5) is 10.1. The third-order valence-corrected chi connectivity index (χ3v) is 2.41. The van der Waals surface area contributed by atoms with Crippen LogP contribution < -0.4 is 5.32 Å². The molecule has 1 rings (SSSR count). The van der Waals surface area contributed by atoms with Gasteiger partial charge in [0.1, 0.15) is 0 Å². The van der Waals surface area contributed by atoms with Gasteiger partial charge in [0.05, 0.1) is 4.92 Å². The molecule has 1 aromatic heterocycles. The van der Waals surface area contributed by atoms with Gasteiger partial charge in [0.2, 0.25) is 0 Å². The molecule has 0 unspecified atom stereocenters. The standard InChI is InChI=1S/C9H10N2O2S/c1-2-3-4-6-10-9-8(11(12)13)5-7-14-9/h5,7,10H,4,6H2,1H3. The Hall–Kier alpha value is -1.54. The van der Waals surface area contributed by atoms with E-state index in [1.165, 1.54) is 17.4 Å². The van der Waals surface area contributed by atoms with Gasteiger partial charge in [-0.15, -0.1) is 23.2 Å². The van der Waals surface area contributed by atoms with E-state index in [0.29, 0.717) is 18.0 Å². The van der Waals surface area contributed by atoms with Crippen LogP contribution in [0.1, 0.15) is 13.3 Å². The number of nitro groups is 1. The van der Waals surface area contributed by atoms with Crippen LogP contribution in [0.25, 0.3) is 0 Å². The molecular formula is C9H10N2O2S. The highest BCUT2D eigenvalue weighted by Crippen LogP contribution is 2.29. The summed E-state index contributed by atoms with van der Waals surface area (Å²) in [6.07, 6.45) is 0.700. The zero-order valence-corrected chi connectivity index (χ0v) is 8.56. The van der Waals surface area contributed by atoms with Crippen molar-refractivity contribution < 1.29 is 4.92 Å². The predicted molar refractivity (Wildman–Crippen MR) is 57.5 cm³/mol. The Bertz CT molecular complexity index is 376. The monoisotopic (exact) mass is 210 g/mol. The largest absolute Gasteiger partial charge is 0.370 e. The minimum atomic E-state index is -0.385. The summed E-state index contributed by atoms with van der Waals surface area (Å²) in [5.41, 5.74) is 0.138. The number of hydrogen-bond donors (Lipinski definition) is 1. The van der Waals surface area contributed by atoms with Crippen LogP contribution in [-0.4, -0.2) is 11.5 Å². The zero-order valence-electron chi connectivity index (χ0n) is 7.74. The molecule has 0 spiro atoms. The number of hydrogen-bond acceptors (Lipinski definition) is 4. The molecule has 0 saturated heterocycles. The molecule has 0 radical (unpaired) electrons. The van der Waals surface area contributed by atoms with Crippen molar-refractivity contribution in [3.05, 3.63) is 21.6 Å². The zero-order chi connectivity index (χ0) is 10.4. The summed E-state index contributed by atoms with van der Waals surface area (Å²) in [6, 6.07) is 1.50. The molecule has 74 valence electrons. The summed E-state index contributed by atoms with van der Waals surface area (Å²) >= 11 is 1.33. The van der Waals surface area contributed by atoms with Crippen molar-refractivity contribution in [3.8, 4) is 11.8 Å². The van der Waals surface area contributed by atoms with Crippen LogP contribution in [0.4, 0.5) is 10.7 Å². The molecule has 0 aromatic carbocycles. The SMILES string of the molecule is CC#CCCNc1sccc1[N+](=O)[O-]. The first kappa shape index (κ1) is 10.5. The quantitative estimate of drug-likeness (QED) is 0.359. The van der Waals surface area contributed by atoms with Crippen LogP contribution in [0.15, 0.2) is 11.4 Å². The van der Waals surface area contributed by atoms with Crippen molar-refractivity contribution in [2.24, 2.45) is 0 Å². The molecule has 1 N–H and O–H groups in total. The van der Waals surface area contributed by atoms with E-state index in [-0.39, 0.29) is 10.6 Å². The number of thiophene rings is 1. The number of nitrogens with one attached hydrogen (secondary N) is 1. The Balaban J connectivity index is 2.52. The summed E-state index contributed by atoms with van der Waals surface area (Å²) < 4.78 is 0. The first-order valence-corrected chi connectivity index (χ1v) is 4.99. The van der Waals surface area contributed by atoms with E-state index >= 15 is 0 Å². The summed E-state index contributed by atoms with van der Waals surface area (Å²) in [5, 5.41) is 15.8. The van der Waals surface area contributed by atoms with Crippen LogP contribution >= 0.6 is 11.3 Å². The van der Waals surface area contributed by atoms with Crippen LogP contribution in [0.5, 0.6) is 0 Å². The molecule has 0 aliphatic heterocycles. The second-order valence-corrected chi connectivity index (χ2v) is 3.41. The highest BCUT2D eigenvalue weighted by molar-refractivity contribution is 7.14. The van der Waals surface area contributed by atoms with Crippen LogP contribution in [-0.2, 0) is 0 Å². The molecule has 0 bridgehead atoms. The number of nitrogens with zero attached hydrogens (tertiary/aromatic N) is 1. The Morgan fingerprint density at radius 1 is 1.71 bits per heavy atom. The highest BCUT2D eigenvalue weighted by atomic mass is 32.1. The van der Waals surface area contributed by atoms with Gasteiger partial charge in [-0.3, -0.25) is 10.1 Å². The predicted octanol–water partition coefficient (Wildman–Crippen LogP) is 2.48. The fourth-order valence-corrected chi connectivity index (χ4v) is 1.72. The van der Waals surface area contributed by atoms with Gasteiger partial charge in [-0.2, -0.15) is 0 Å². The molecule has 4 nitrogen and oxygen atoms in total. The lowest BCUT2D eigenvalue weighted by Crippen LogP contribution is -2.00. The molecule has 14 heavy (non-hydrogen) atoms. The van der Waals surface area contributed by atoms with Crippen molar-refractivity contribution in [1.29, 1.82) is 0 Å². The van der Waals surface area contributed by atoms with Crippen molar-refractivity contribution in [1.82, 2.24) is 0 Å². The van der Waals surface area contributed by atoms with Gasteiger partial charge >= 0.3 is 5.69 Å². The van der Waals surface area contributed by atoms with E-state index in [9.17, 15) is 10.1 Å². The Labute approximate surface area is 86.1 Å². The molecular weight excluding hydrogens is 200 g/mol. The second-order valence-electron chi connectivity index (χ2n) is 2.50. The van der Waals surface area contributed by atoms with Crippen molar-refractivity contribution >= 4 is 22.0 Å². The molecule has 0 atom stereocenters. The molecule has 0 aliphatic carbocycles. The fourth-order valence-electron chi connectivity index (χ4n) is 0.942. The van der Waals surface area contributed by atoms with Gasteiger partial charge in [-0.1, -0.05) is 0 Å². The molecule has 5 heteroatoms. The lowest BCUT2D eigenvalue weighted by Gasteiger charge is -1.98. The molecule has 0 saturated carbocycles. The van der Waals surface area contributed by atoms with Crippen LogP contribution in [0.2, 0.25) is 0 Å². The smallest absolute Gasteiger partial charge is 0.303 e. The Morgan fingerprint density at radius 2 is 2.50 bits per heavy atom. The summed E-state index contributed by atoms with van der Waals surface area (Å²) in [5.74, 6) is 5.65. The molecule has 0 aliphatic rings. The summed E-state index contributed by atoms with van der Waals surface area (Å²) in [7, 11) is 0. The van der Waals surface area contributed by atoms with Crippen molar-refractivity contribution in [2.45, 2.75) is 13.3 Å². The van der Waals surface area contributed by atoms with Gasteiger partial charge < -0.3 is 5.32 Å². The van der Waals surface area contributed by atoms with E-state index in [0.717, 1.165) is 0 Å². The number of rotatable bonds is 4. The highest BCUT2D eigenvalue weighted by Gasteiger charge is 2.13. The van der Waals surface area contributed by atoms with E-state index in [4.69, 9.17) is 0 Å². The maximum atomic E-state index is 10.5. The Kier molecular flexibility index (Phi) is 3.95. The third-order valence-electron chi connectivity index (χ3n) is 1.55. The maximum absolute atomic E-state index is 10.5. The average molecular weight is 210 g/mol. The fraction of sp³-hybridized carbons (Fsp3) is 0.333. The maximum Gasteiger partial charge on any atom is 0.303 e. The first-order chi connectivity index (χ1) is 6.75. The normalized spacial score (nSPS) is 8.93. The topological polar surface area (TPSA) is 55.2 Å². The third kappa shape index (κ3) is 2.75. The van der Waals surface area contributed by atoms with Gasteiger partial charge in [-0.25, -0.2) is 0 Å². The van der Waals surface area contributed by atoms with Gasteiger partial charge in [0.25, 0.3) is 0 Å². The second kappa shape index (κ2) is 5.25. The molecule has 1 heterocycles. The van der Waals surface area contributed by atoms with Crippen molar-refractivity contribution in [3.63, 3.8) is 0 Å². The van der Waals surface area contributed by atoms with Crippen LogP contribution in [0, 0.1) is 22.0 Å². The average Bonchev–Trinajstić information content (AvgIpc) is 2.60. The lowest BCUT2D eigenvalue weighted by atomic mass is 10.4. The van der Waals surface area contributed by atoms with Gasteiger partial charge in [-0.05, 0) is 12.3 Å². The number of anilines is 1. The minimum absolute atomic E-state index is 0.138. The van der Waals surface area contributed by atoms with E-state index in [1.54, 1.807) is 12.3 Å². The van der Waals surface area contributed by atoms with Gasteiger partial charge in [0.15, 0.2) is 5.00 Å². The minimum Gasteiger partial charge on any atom is -0.370 e. The molecule has 0 amide bonds. The van der Waals surface area contributed by atoms with E-state index in [2.05, 4.69) is 17.2 Å². The van der Waals surface area contributed by atoms with Gasteiger partial charge in [0, 0.05) is 19.0 Å². The Morgan fingerprint density at radius 3 is 3.14 bits per heavy atom. The van der Waals surface area contributed by atoms with E-state index in [1.807, 2.05) is 0 Å².